The van der Waals surface area contributed by atoms with Gasteiger partial charge < -0.3 is 13.9 Å². The van der Waals surface area contributed by atoms with Crippen molar-refractivity contribution in [1.29, 1.82) is 0 Å². The number of carbonyl (C=O) groups excluding carboxylic acids is 2. The van der Waals surface area contributed by atoms with Crippen LogP contribution in [0.2, 0.25) is 0 Å². The van der Waals surface area contributed by atoms with Gasteiger partial charge in [-0.25, -0.2) is 9.59 Å². The monoisotopic (exact) mass is 232 g/mol. The molecule has 0 saturated heterocycles. The molecule has 0 aliphatic carbocycles. The maximum atomic E-state index is 11.7. The molecule has 0 N–H and O–H groups in total. The summed E-state index contributed by atoms with van der Waals surface area (Å²) in [4.78, 5) is 23.3. The molecule has 0 unspecified atom stereocenters. The first-order valence-corrected chi connectivity index (χ1v) is 5.09. The second kappa shape index (κ2) is 4.29. The summed E-state index contributed by atoms with van der Waals surface area (Å²) < 4.78 is 7.98. The van der Waals surface area contributed by atoms with Gasteiger partial charge in [0, 0.05) is 26.5 Å². The molecule has 2 aromatic rings. The molecule has 0 aliphatic rings. The molecule has 0 amide bonds. The lowest BCUT2D eigenvalue weighted by molar-refractivity contribution is 0.0384. The Kier molecular flexibility index (Phi) is 2.82. The molecule has 0 spiro atoms. The van der Waals surface area contributed by atoms with Crippen LogP contribution in [0.5, 0.6) is 0 Å². The first kappa shape index (κ1) is 11.2. The number of aromatic nitrogens is 2. The second-order valence-electron chi connectivity index (χ2n) is 3.69. The van der Waals surface area contributed by atoms with E-state index in [0.29, 0.717) is 11.4 Å². The molecule has 0 aromatic carbocycles. The minimum Gasteiger partial charge on any atom is -0.383 e. The van der Waals surface area contributed by atoms with Gasteiger partial charge in [-0.3, -0.25) is 0 Å². The standard InChI is InChI=1S/C12H12N2O3/c1-13-7-3-5-9(13)11(15)17-12(16)10-6-4-8-14(10)2/h3-8H,1-2H3. The summed E-state index contributed by atoms with van der Waals surface area (Å²) in [6, 6.07) is 6.62. The average molecular weight is 232 g/mol. The van der Waals surface area contributed by atoms with E-state index in [9.17, 15) is 9.59 Å². The van der Waals surface area contributed by atoms with Crippen molar-refractivity contribution in [3.63, 3.8) is 0 Å². The molecule has 5 heteroatoms. The molecule has 5 nitrogen and oxygen atoms in total. The quantitative estimate of drug-likeness (QED) is 0.580. The SMILES string of the molecule is Cn1cccc1C(=O)OC(=O)c1cccn1C. The van der Waals surface area contributed by atoms with Crippen LogP contribution in [-0.2, 0) is 18.8 Å². The van der Waals surface area contributed by atoms with Crippen LogP contribution in [0, 0.1) is 0 Å². The number of esters is 2. The van der Waals surface area contributed by atoms with Crippen molar-refractivity contribution in [2.24, 2.45) is 14.1 Å². The van der Waals surface area contributed by atoms with Gasteiger partial charge in [-0.1, -0.05) is 0 Å². The third-order valence-corrected chi connectivity index (χ3v) is 2.49. The normalized spacial score (nSPS) is 10.2. The zero-order valence-electron chi connectivity index (χ0n) is 9.58. The summed E-state index contributed by atoms with van der Waals surface area (Å²) >= 11 is 0. The molecule has 2 heterocycles. The number of aryl methyl sites for hydroxylation is 2. The molecule has 0 radical (unpaired) electrons. The molecular formula is C12H12N2O3. The Bertz CT molecular complexity index is 516. The van der Waals surface area contributed by atoms with Gasteiger partial charge in [-0.05, 0) is 24.3 Å². The lowest BCUT2D eigenvalue weighted by atomic mass is 10.4. The van der Waals surface area contributed by atoms with Crippen molar-refractivity contribution >= 4 is 11.9 Å². The summed E-state index contributed by atoms with van der Waals surface area (Å²) in [7, 11) is 3.42. The van der Waals surface area contributed by atoms with Gasteiger partial charge in [0.05, 0.1) is 0 Å². The molecule has 88 valence electrons. The summed E-state index contributed by atoms with van der Waals surface area (Å²) in [5, 5.41) is 0. The molecule has 0 aliphatic heterocycles. The molecule has 2 aromatic heterocycles. The van der Waals surface area contributed by atoms with Crippen molar-refractivity contribution in [2.45, 2.75) is 0 Å². The fourth-order valence-electron chi connectivity index (χ4n) is 1.54. The van der Waals surface area contributed by atoms with Crippen molar-refractivity contribution in [3.05, 3.63) is 48.0 Å². The topological polar surface area (TPSA) is 53.2 Å². The fraction of sp³-hybridized carbons (Fsp3) is 0.167. The van der Waals surface area contributed by atoms with E-state index in [2.05, 4.69) is 0 Å². The van der Waals surface area contributed by atoms with Gasteiger partial charge in [0.2, 0.25) is 0 Å². The second-order valence-corrected chi connectivity index (χ2v) is 3.69. The highest BCUT2D eigenvalue weighted by atomic mass is 16.6. The van der Waals surface area contributed by atoms with E-state index in [0.717, 1.165) is 0 Å². The Labute approximate surface area is 98.2 Å². The van der Waals surface area contributed by atoms with Crippen LogP contribution in [-0.4, -0.2) is 21.1 Å². The van der Waals surface area contributed by atoms with Crippen molar-refractivity contribution in [2.75, 3.05) is 0 Å². The smallest absolute Gasteiger partial charge is 0.362 e. The van der Waals surface area contributed by atoms with E-state index < -0.39 is 11.9 Å². The lowest BCUT2D eigenvalue weighted by Crippen LogP contribution is -2.17. The highest BCUT2D eigenvalue weighted by Crippen LogP contribution is 2.06. The molecular weight excluding hydrogens is 220 g/mol. The minimum absolute atomic E-state index is 0.340. The first-order valence-electron chi connectivity index (χ1n) is 5.09. The van der Waals surface area contributed by atoms with Gasteiger partial charge in [-0.15, -0.1) is 0 Å². The number of carbonyl (C=O) groups is 2. The van der Waals surface area contributed by atoms with Crippen molar-refractivity contribution < 1.29 is 14.3 Å². The molecule has 0 atom stereocenters. The van der Waals surface area contributed by atoms with Gasteiger partial charge in [0.25, 0.3) is 0 Å². The molecule has 0 fully saturated rings. The van der Waals surface area contributed by atoms with Gasteiger partial charge in [-0.2, -0.15) is 0 Å². The van der Waals surface area contributed by atoms with Gasteiger partial charge >= 0.3 is 11.9 Å². The van der Waals surface area contributed by atoms with Crippen LogP contribution >= 0.6 is 0 Å². The molecule has 0 saturated carbocycles. The van der Waals surface area contributed by atoms with E-state index in [1.54, 1.807) is 59.9 Å². The van der Waals surface area contributed by atoms with Gasteiger partial charge in [0.1, 0.15) is 11.4 Å². The number of hydrogen-bond acceptors (Lipinski definition) is 3. The third kappa shape index (κ3) is 2.13. The van der Waals surface area contributed by atoms with E-state index in [1.165, 1.54) is 0 Å². The predicted octanol–water partition coefficient (Wildman–Crippen LogP) is 1.36. The van der Waals surface area contributed by atoms with E-state index >= 15 is 0 Å². The summed E-state index contributed by atoms with van der Waals surface area (Å²) in [6.07, 6.45) is 3.42. The zero-order valence-corrected chi connectivity index (χ0v) is 9.58. The predicted molar refractivity (Wildman–Crippen MR) is 60.6 cm³/mol. The number of ether oxygens (including phenoxy) is 1. The van der Waals surface area contributed by atoms with Gasteiger partial charge in [0.15, 0.2) is 0 Å². The highest BCUT2D eigenvalue weighted by molar-refractivity contribution is 6.01. The largest absolute Gasteiger partial charge is 0.383 e. The number of nitrogens with zero attached hydrogens (tertiary/aromatic N) is 2. The lowest BCUT2D eigenvalue weighted by Gasteiger charge is -2.04. The van der Waals surface area contributed by atoms with Crippen LogP contribution in [0.3, 0.4) is 0 Å². The molecule has 2 rings (SSSR count). The van der Waals surface area contributed by atoms with E-state index in [-0.39, 0.29) is 0 Å². The van der Waals surface area contributed by atoms with Crippen molar-refractivity contribution in [1.82, 2.24) is 9.13 Å². The molecule has 0 bridgehead atoms. The van der Waals surface area contributed by atoms with E-state index in [4.69, 9.17) is 4.74 Å². The minimum atomic E-state index is -0.649. The molecule has 17 heavy (non-hydrogen) atoms. The van der Waals surface area contributed by atoms with Crippen LogP contribution in [0.4, 0.5) is 0 Å². The summed E-state index contributed by atoms with van der Waals surface area (Å²) in [5.41, 5.74) is 0.681. The summed E-state index contributed by atoms with van der Waals surface area (Å²) in [5.74, 6) is -1.30. The Morgan fingerprint density at radius 2 is 1.35 bits per heavy atom. The number of hydrogen-bond donors (Lipinski definition) is 0. The van der Waals surface area contributed by atoms with Crippen molar-refractivity contribution in [3.8, 4) is 0 Å². The van der Waals surface area contributed by atoms with Crippen LogP contribution in [0.25, 0.3) is 0 Å². The maximum Gasteiger partial charge on any atom is 0.362 e. The zero-order chi connectivity index (χ0) is 12.4. The Morgan fingerprint density at radius 1 is 0.941 bits per heavy atom. The number of rotatable bonds is 2. The Balaban J connectivity index is 2.13. The Morgan fingerprint density at radius 3 is 1.65 bits per heavy atom. The van der Waals surface area contributed by atoms with Crippen LogP contribution in [0.1, 0.15) is 21.0 Å². The first-order chi connectivity index (χ1) is 8.09. The maximum absolute atomic E-state index is 11.7. The summed E-state index contributed by atoms with van der Waals surface area (Å²) in [6.45, 7) is 0. The highest BCUT2D eigenvalue weighted by Gasteiger charge is 2.18. The third-order valence-electron chi connectivity index (χ3n) is 2.49. The van der Waals surface area contributed by atoms with E-state index in [1.807, 2.05) is 0 Å². The van der Waals surface area contributed by atoms with Crippen LogP contribution in [0.15, 0.2) is 36.7 Å². The van der Waals surface area contributed by atoms with Crippen LogP contribution < -0.4 is 0 Å². The Hall–Kier alpha value is -2.30. The fourth-order valence-corrected chi connectivity index (χ4v) is 1.54. The average Bonchev–Trinajstić information content (AvgIpc) is 2.86.